The Hall–Kier alpha value is -3.78. The van der Waals surface area contributed by atoms with Crippen LogP contribution in [-0.2, 0) is 21.8 Å². The van der Waals surface area contributed by atoms with E-state index in [9.17, 15) is 14.0 Å². The van der Waals surface area contributed by atoms with Crippen molar-refractivity contribution < 1.29 is 14.0 Å². The molecule has 0 fully saturated rings. The standard InChI is InChI=1S/C28H25FN4O2S/c29-21-12-10-20(11-13-21)18-36-28-32-23-9-5-4-8-22(23)26-31-24(27(35)33(26)28)14-15-25(34)30-17-16-19-6-2-1-3-7-19/h1-13,24H,14-18H2,(H,30,34)/t24-/m1/s1. The molecule has 182 valence electrons. The molecule has 36 heavy (non-hydrogen) atoms. The molecule has 5 rings (SSSR count). The number of amidine groups is 2. The molecule has 2 aliphatic rings. The van der Waals surface area contributed by atoms with Crippen molar-refractivity contribution in [3.8, 4) is 0 Å². The molecule has 1 N–H and O–H groups in total. The van der Waals surface area contributed by atoms with Crippen molar-refractivity contribution in [2.45, 2.75) is 31.1 Å². The van der Waals surface area contributed by atoms with Crippen LogP contribution < -0.4 is 5.32 Å². The smallest absolute Gasteiger partial charge is 0.259 e. The highest BCUT2D eigenvalue weighted by molar-refractivity contribution is 8.13. The minimum absolute atomic E-state index is 0.0937. The van der Waals surface area contributed by atoms with Crippen LogP contribution in [-0.4, -0.2) is 40.3 Å². The van der Waals surface area contributed by atoms with Gasteiger partial charge in [0.05, 0.1) is 5.69 Å². The molecule has 2 aliphatic heterocycles. The molecule has 0 saturated carbocycles. The van der Waals surface area contributed by atoms with Crippen LogP contribution >= 0.6 is 11.8 Å². The highest BCUT2D eigenvalue weighted by atomic mass is 32.2. The van der Waals surface area contributed by atoms with E-state index < -0.39 is 6.04 Å². The van der Waals surface area contributed by atoms with Crippen LogP contribution in [0.3, 0.4) is 0 Å². The van der Waals surface area contributed by atoms with Gasteiger partial charge < -0.3 is 5.32 Å². The van der Waals surface area contributed by atoms with Gasteiger partial charge >= 0.3 is 0 Å². The van der Waals surface area contributed by atoms with Crippen LogP contribution in [0.15, 0.2) is 88.8 Å². The van der Waals surface area contributed by atoms with Crippen molar-refractivity contribution in [2.75, 3.05) is 6.54 Å². The van der Waals surface area contributed by atoms with Gasteiger partial charge in [-0.1, -0.05) is 66.4 Å². The fourth-order valence-corrected chi connectivity index (χ4v) is 5.12. The van der Waals surface area contributed by atoms with E-state index in [1.807, 2.05) is 54.6 Å². The number of para-hydroxylation sites is 1. The molecule has 3 aromatic rings. The average Bonchev–Trinajstić information content (AvgIpc) is 3.24. The monoisotopic (exact) mass is 500 g/mol. The summed E-state index contributed by atoms with van der Waals surface area (Å²) in [6, 6.07) is 23.2. The lowest BCUT2D eigenvalue weighted by Crippen LogP contribution is -2.41. The first kappa shape index (κ1) is 23.9. The zero-order chi connectivity index (χ0) is 24.9. The summed E-state index contributed by atoms with van der Waals surface area (Å²) >= 11 is 1.41. The summed E-state index contributed by atoms with van der Waals surface area (Å²) in [5, 5.41) is 3.47. The van der Waals surface area contributed by atoms with Crippen molar-refractivity contribution in [1.29, 1.82) is 0 Å². The molecule has 2 heterocycles. The number of rotatable bonds is 8. The number of hydrogen-bond donors (Lipinski definition) is 1. The maximum Gasteiger partial charge on any atom is 0.259 e. The maximum atomic E-state index is 13.4. The summed E-state index contributed by atoms with van der Waals surface area (Å²) in [6.07, 6.45) is 1.30. The van der Waals surface area contributed by atoms with Crippen molar-refractivity contribution >= 4 is 40.3 Å². The Balaban J connectivity index is 1.24. The predicted molar refractivity (Wildman–Crippen MR) is 141 cm³/mol. The Kier molecular flexibility index (Phi) is 7.23. The van der Waals surface area contributed by atoms with E-state index in [0.29, 0.717) is 29.7 Å². The Morgan fingerprint density at radius 2 is 1.72 bits per heavy atom. The minimum atomic E-state index is -0.636. The van der Waals surface area contributed by atoms with E-state index in [0.717, 1.165) is 28.8 Å². The molecule has 2 amide bonds. The van der Waals surface area contributed by atoms with Crippen LogP contribution in [0.4, 0.5) is 10.1 Å². The first-order valence-corrected chi connectivity index (χ1v) is 12.8. The first-order valence-electron chi connectivity index (χ1n) is 11.9. The van der Waals surface area contributed by atoms with E-state index in [2.05, 4.69) is 5.32 Å². The van der Waals surface area contributed by atoms with Crippen LogP contribution in [0.5, 0.6) is 0 Å². The molecule has 0 unspecified atom stereocenters. The largest absolute Gasteiger partial charge is 0.356 e. The molecule has 8 heteroatoms. The lowest BCUT2D eigenvalue weighted by Gasteiger charge is -2.25. The number of nitrogens with zero attached hydrogens (tertiary/aromatic N) is 3. The van der Waals surface area contributed by atoms with Gasteiger partial charge in [-0.05, 0) is 48.2 Å². The summed E-state index contributed by atoms with van der Waals surface area (Å²) in [4.78, 5) is 36.8. The Bertz CT molecular complexity index is 1320. The molecule has 3 aromatic carbocycles. The fourth-order valence-electron chi connectivity index (χ4n) is 4.16. The van der Waals surface area contributed by atoms with Gasteiger partial charge in [0.2, 0.25) is 5.91 Å². The normalized spacial score (nSPS) is 16.2. The number of carbonyl (C=O) groups excluding carboxylic acids is 2. The first-order chi connectivity index (χ1) is 17.6. The third kappa shape index (κ3) is 5.39. The average molecular weight is 501 g/mol. The van der Waals surface area contributed by atoms with Gasteiger partial charge in [-0.25, -0.2) is 14.3 Å². The summed E-state index contributed by atoms with van der Waals surface area (Å²) in [7, 11) is 0. The van der Waals surface area contributed by atoms with Crippen molar-refractivity contribution in [1.82, 2.24) is 10.2 Å². The summed E-state index contributed by atoms with van der Waals surface area (Å²) in [6.45, 7) is 0.548. The number of halogens is 1. The SMILES string of the molecule is O=C(CC[C@H]1N=C2c3ccccc3N=C(SCc3ccc(F)cc3)N2C1=O)NCCc1ccccc1. The van der Waals surface area contributed by atoms with Crippen LogP contribution in [0.25, 0.3) is 0 Å². The quantitative estimate of drug-likeness (QED) is 0.480. The third-order valence-electron chi connectivity index (χ3n) is 6.05. The van der Waals surface area contributed by atoms with E-state index in [1.165, 1.54) is 23.9 Å². The van der Waals surface area contributed by atoms with Gasteiger partial charge in [-0.15, -0.1) is 0 Å². The van der Waals surface area contributed by atoms with Gasteiger partial charge in [0, 0.05) is 24.3 Å². The zero-order valence-corrected chi connectivity index (χ0v) is 20.4. The lowest BCUT2D eigenvalue weighted by atomic mass is 10.1. The van der Waals surface area contributed by atoms with E-state index >= 15 is 0 Å². The van der Waals surface area contributed by atoms with Crippen LogP contribution in [0, 0.1) is 5.82 Å². The lowest BCUT2D eigenvalue weighted by molar-refractivity contribution is -0.125. The summed E-state index contributed by atoms with van der Waals surface area (Å²) in [5.41, 5.74) is 3.64. The highest BCUT2D eigenvalue weighted by Crippen LogP contribution is 2.35. The molecule has 1 atom stereocenters. The predicted octanol–water partition coefficient (Wildman–Crippen LogP) is 4.86. The molecule has 0 bridgehead atoms. The molecule has 0 saturated heterocycles. The molecule has 0 radical (unpaired) electrons. The van der Waals surface area contributed by atoms with E-state index in [-0.39, 0.29) is 24.1 Å². The highest BCUT2D eigenvalue weighted by Gasteiger charge is 2.41. The van der Waals surface area contributed by atoms with Gasteiger partial charge in [0.25, 0.3) is 5.91 Å². The van der Waals surface area contributed by atoms with Crippen LogP contribution in [0.2, 0.25) is 0 Å². The molecule has 0 aromatic heterocycles. The van der Waals surface area contributed by atoms with E-state index in [1.54, 1.807) is 17.0 Å². The molecular weight excluding hydrogens is 475 g/mol. The van der Waals surface area contributed by atoms with Crippen molar-refractivity contribution in [3.05, 3.63) is 101 Å². The van der Waals surface area contributed by atoms with Gasteiger partial charge in [-0.2, -0.15) is 0 Å². The number of aliphatic imine (C=N–C) groups is 2. The molecule has 6 nitrogen and oxygen atoms in total. The second-order valence-electron chi connectivity index (χ2n) is 8.59. The number of thioether (sulfide) groups is 1. The topological polar surface area (TPSA) is 74.1 Å². The second-order valence-corrected chi connectivity index (χ2v) is 9.54. The number of benzene rings is 3. The maximum absolute atomic E-state index is 13.4. The number of fused-ring (bicyclic) bond motifs is 3. The number of hydrogen-bond acceptors (Lipinski definition) is 5. The van der Waals surface area contributed by atoms with E-state index in [4.69, 9.17) is 9.98 Å². The Morgan fingerprint density at radius 1 is 0.972 bits per heavy atom. The van der Waals surface area contributed by atoms with Crippen molar-refractivity contribution in [3.63, 3.8) is 0 Å². The molecule has 0 aliphatic carbocycles. The Labute approximate surface area is 213 Å². The van der Waals surface area contributed by atoms with Gasteiger partial charge in [0.15, 0.2) is 5.17 Å². The van der Waals surface area contributed by atoms with Crippen LogP contribution in [0.1, 0.15) is 29.5 Å². The summed E-state index contributed by atoms with van der Waals surface area (Å²) < 4.78 is 13.3. The summed E-state index contributed by atoms with van der Waals surface area (Å²) in [5.74, 6) is 0.545. The number of carbonyl (C=O) groups is 2. The zero-order valence-electron chi connectivity index (χ0n) is 19.6. The number of amides is 2. The molecular formula is C28H25FN4O2S. The van der Waals surface area contributed by atoms with Gasteiger partial charge in [-0.3, -0.25) is 14.6 Å². The fraction of sp³-hybridized carbons (Fsp3) is 0.214. The Morgan fingerprint density at radius 3 is 2.53 bits per heavy atom. The molecule has 0 spiro atoms. The third-order valence-corrected chi connectivity index (χ3v) is 7.06. The second kappa shape index (κ2) is 10.9. The number of nitrogens with one attached hydrogen (secondary N) is 1. The minimum Gasteiger partial charge on any atom is -0.356 e. The van der Waals surface area contributed by atoms with Gasteiger partial charge in [0.1, 0.15) is 17.7 Å². The van der Waals surface area contributed by atoms with Crippen molar-refractivity contribution in [2.24, 2.45) is 9.98 Å².